The normalized spacial score (nSPS) is 11.8. The summed E-state index contributed by atoms with van der Waals surface area (Å²) in [5, 5.41) is 9.19. The number of hydrogen-bond donors (Lipinski definition) is 1. The standard InChI is InChI=1S/C18H20ClN5O3S2/c1-4-24(5-2)29(26,27)16-8-13(6-7-14(16)19)21-17(25)15-11-28-18(22-15)12-9-20-23(3)10-12/h6-11H,4-5H2,1-3H3,(H,21,25). The lowest BCUT2D eigenvalue weighted by Gasteiger charge is -2.19. The molecule has 11 heteroatoms. The second-order valence-corrected chi connectivity index (χ2v) is 9.30. The minimum Gasteiger partial charge on any atom is -0.321 e. The molecule has 2 aromatic heterocycles. The molecule has 0 aliphatic rings. The Balaban J connectivity index is 1.84. The van der Waals surface area contributed by atoms with Crippen molar-refractivity contribution in [3.63, 3.8) is 0 Å². The molecule has 1 aromatic carbocycles. The molecule has 0 fully saturated rings. The molecule has 3 rings (SSSR count). The van der Waals surface area contributed by atoms with E-state index in [1.54, 1.807) is 43.2 Å². The molecule has 0 aliphatic carbocycles. The van der Waals surface area contributed by atoms with Crippen molar-refractivity contribution in [2.45, 2.75) is 18.7 Å². The van der Waals surface area contributed by atoms with Crippen LogP contribution in [-0.2, 0) is 17.1 Å². The molecule has 8 nitrogen and oxygen atoms in total. The van der Waals surface area contributed by atoms with Crippen LogP contribution in [0, 0.1) is 0 Å². The molecule has 0 aliphatic heterocycles. The second-order valence-electron chi connectivity index (χ2n) is 6.13. The molecule has 0 spiro atoms. The highest BCUT2D eigenvalue weighted by atomic mass is 35.5. The van der Waals surface area contributed by atoms with Gasteiger partial charge in [-0.2, -0.15) is 9.40 Å². The minimum absolute atomic E-state index is 0.0463. The summed E-state index contributed by atoms with van der Waals surface area (Å²) in [7, 11) is -1.96. The summed E-state index contributed by atoms with van der Waals surface area (Å²) in [6.45, 7) is 4.15. The van der Waals surface area contributed by atoms with Gasteiger partial charge in [-0.1, -0.05) is 25.4 Å². The van der Waals surface area contributed by atoms with Crippen LogP contribution in [0.15, 0.2) is 40.9 Å². The number of thiazole rings is 1. The number of anilines is 1. The zero-order valence-electron chi connectivity index (χ0n) is 16.1. The van der Waals surface area contributed by atoms with Crippen LogP contribution in [0.2, 0.25) is 5.02 Å². The molecule has 0 saturated heterocycles. The number of carbonyl (C=O) groups excluding carboxylic acids is 1. The van der Waals surface area contributed by atoms with E-state index in [0.717, 1.165) is 5.56 Å². The third-order valence-corrected chi connectivity index (χ3v) is 7.62. The number of hydrogen-bond acceptors (Lipinski definition) is 6. The Labute approximate surface area is 178 Å². The highest BCUT2D eigenvalue weighted by molar-refractivity contribution is 7.89. The third-order valence-electron chi connectivity index (χ3n) is 4.20. The Morgan fingerprint density at radius 2 is 2.03 bits per heavy atom. The Hall–Kier alpha value is -2.27. The highest BCUT2D eigenvalue weighted by Gasteiger charge is 2.25. The molecule has 0 unspecified atom stereocenters. The number of amides is 1. The summed E-state index contributed by atoms with van der Waals surface area (Å²) in [6.07, 6.45) is 3.48. The zero-order valence-corrected chi connectivity index (χ0v) is 18.5. The molecule has 154 valence electrons. The average molecular weight is 454 g/mol. The number of rotatable bonds is 7. The van der Waals surface area contributed by atoms with Gasteiger partial charge in [0.1, 0.15) is 15.6 Å². The molecular weight excluding hydrogens is 434 g/mol. The molecule has 29 heavy (non-hydrogen) atoms. The van der Waals surface area contributed by atoms with Crippen molar-refractivity contribution in [2.75, 3.05) is 18.4 Å². The van der Waals surface area contributed by atoms with Crippen molar-refractivity contribution in [1.29, 1.82) is 0 Å². The molecule has 0 bridgehead atoms. The molecule has 0 saturated carbocycles. The van der Waals surface area contributed by atoms with Crippen LogP contribution < -0.4 is 5.32 Å². The first kappa shape index (κ1) is 21.4. The van der Waals surface area contributed by atoms with E-state index in [9.17, 15) is 13.2 Å². The molecule has 2 heterocycles. The van der Waals surface area contributed by atoms with Gasteiger partial charge in [-0.15, -0.1) is 11.3 Å². The van der Waals surface area contributed by atoms with E-state index in [2.05, 4.69) is 15.4 Å². The van der Waals surface area contributed by atoms with Crippen LogP contribution in [0.5, 0.6) is 0 Å². The van der Waals surface area contributed by atoms with Gasteiger partial charge < -0.3 is 5.32 Å². The molecule has 0 atom stereocenters. The van der Waals surface area contributed by atoms with E-state index in [1.165, 1.54) is 27.8 Å². The molecule has 1 N–H and O–H groups in total. The van der Waals surface area contributed by atoms with Crippen molar-refractivity contribution in [1.82, 2.24) is 19.1 Å². The van der Waals surface area contributed by atoms with E-state index < -0.39 is 15.9 Å². The molecule has 0 radical (unpaired) electrons. The number of sulfonamides is 1. The van der Waals surface area contributed by atoms with Crippen LogP contribution in [0.25, 0.3) is 10.6 Å². The summed E-state index contributed by atoms with van der Waals surface area (Å²) in [6, 6.07) is 4.37. The van der Waals surface area contributed by atoms with Crippen molar-refractivity contribution in [3.8, 4) is 10.6 Å². The van der Waals surface area contributed by atoms with Gasteiger partial charge in [0.2, 0.25) is 10.0 Å². The molecule has 1 amide bonds. The fourth-order valence-corrected chi connectivity index (χ4v) is 5.45. The van der Waals surface area contributed by atoms with E-state index in [-0.39, 0.29) is 15.6 Å². The van der Waals surface area contributed by atoms with Crippen LogP contribution in [0.1, 0.15) is 24.3 Å². The summed E-state index contributed by atoms with van der Waals surface area (Å²) in [5.41, 5.74) is 1.37. The second kappa shape index (κ2) is 8.62. The summed E-state index contributed by atoms with van der Waals surface area (Å²) in [4.78, 5) is 16.9. The smallest absolute Gasteiger partial charge is 0.275 e. The lowest BCUT2D eigenvalue weighted by Crippen LogP contribution is -2.30. The van der Waals surface area contributed by atoms with Gasteiger partial charge in [0.25, 0.3) is 5.91 Å². The van der Waals surface area contributed by atoms with E-state index >= 15 is 0 Å². The summed E-state index contributed by atoms with van der Waals surface area (Å²) >= 11 is 7.45. The predicted molar refractivity (Wildman–Crippen MR) is 114 cm³/mol. The van der Waals surface area contributed by atoms with Crippen molar-refractivity contribution >= 4 is 44.6 Å². The lowest BCUT2D eigenvalue weighted by molar-refractivity contribution is 0.102. The van der Waals surface area contributed by atoms with Crippen LogP contribution >= 0.6 is 22.9 Å². The zero-order chi connectivity index (χ0) is 21.2. The van der Waals surface area contributed by atoms with Gasteiger partial charge >= 0.3 is 0 Å². The number of carbonyl (C=O) groups is 1. The largest absolute Gasteiger partial charge is 0.321 e. The highest BCUT2D eigenvalue weighted by Crippen LogP contribution is 2.28. The minimum atomic E-state index is -3.76. The first-order valence-electron chi connectivity index (χ1n) is 8.81. The first-order chi connectivity index (χ1) is 13.8. The van der Waals surface area contributed by atoms with Crippen LogP contribution in [-0.4, -0.2) is 46.5 Å². The number of aromatic nitrogens is 3. The monoisotopic (exact) mass is 453 g/mol. The predicted octanol–water partition coefficient (Wildman–Crippen LogP) is 3.48. The first-order valence-corrected chi connectivity index (χ1v) is 11.5. The molecule has 3 aromatic rings. The average Bonchev–Trinajstić information content (AvgIpc) is 3.33. The van der Waals surface area contributed by atoms with Gasteiger partial charge in [-0.3, -0.25) is 9.48 Å². The lowest BCUT2D eigenvalue weighted by atomic mass is 10.3. The number of halogens is 1. The van der Waals surface area contributed by atoms with Crippen molar-refractivity contribution < 1.29 is 13.2 Å². The van der Waals surface area contributed by atoms with E-state index in [0.29, 0.717) is 23.8 Å². The van der Waals surface area contributed by atoms with Gasteiger partial charge in [0.05, 0.1) is 11.2 Å². The third kappa shape index (κ3) is 4.50. The quantitative estimate of drug-likeness (QED) is 0.590. The van der Waals surface area contributed by atoms with Gasteiger partial charge in [0, 0.05) is 43.0 Å². The van der Waals surface area contributed by atoms with Crippen LogP contribution in [0.3, 0.4) is 0 Å². The fraction of sp³-hybridized carbons (Fsp3) is 0.278. The van der Waals surface area contributed by atoms with Gasteiger partial charge in [-0.05, 0) is 18.2 Å². The Morgan fingerprint density at radius 1 is 1.31 bits per heavy atom. The Bertz CT molecular complexity index is 1140. The Morgan fingerprint density at radius 3 is 2.66 bits per heavy atom. The van der Waals surface area contributed by atoms with E-state index in [4.69, 9.17) is 11.6 Å². The maximum Gasteiger partial charge on any atom is 0.275 e. The maximum absolute atomic E-state index is 12.8. The SMILES string of the molecule is CCN(CC)S(=O)(=O)c1cc(NC(=O)c2csc(-c3cnn(C)c3)n2)ccc1Cl. The Kier molecular flexibility index (Phi) is 6.37. The number of aryl methyl sites for hydroxylation is 1. The topological polar surface area (TPSA) is 97.2 Å². The number of nitrogens with one attached hydrogen (secondary N) is 1. The summed E-state index contributed by atoms with van der Waals surface area (Å²) < 4.78 is 28.6. The summed E-state index contributed by atoms with van der Waals surface area (Å²) in [5.74, 6) is -0.440. The molecular formula is C18H20ClN5O3S2. The van der Waals surface area contributed by atoms with Gasteiger partial charge in [-0.25, -0.2) is 13.4 Å². The number of nitrogens with zero attached hydrogens (tertiary/aromatic N) is 4. The van der Waals surface area contributed by atoms with Crippen LogP contribution in [0.4, 0.5) is 5.69 Å². The van der Waals surface area contributed by atoms with Gasteiger partial charge in [0.15, 0.2) is 0 Å². The maximum atomic E-state index is 12.8. The fourth-order valence-electron chi connectivity index (χ4n) is 2.72. The van der Waals surface area contributed by atoms with Crippen molar-refractivity contribution in [3.05, 3.63) is 46.7 Å². The van der Waals surface area contributed by atoms with E-state index in [1.807, 2.05) is 6.20 Å². The van der Waals surface area contributed by atoms with Crippen molar-refractivity contribution in [2.24, 2.45) is 7.05 Å². The number of benzene rings is 1.